The lowest BCUT2D eigenvalue weighted by Crippen LogP contribution is -1.93. The number of ether oxygens (including phenoxy) is 1. The Kier molecular flexibility index (Phi) is 4.09. The number of hydrogen-bond donors (Lipinski definition) is 1. The average molecular weight is 317 g/mol. The number of methoxy groups -OCH3 is 1. The summed E-state index contributed by atoms with van der Waals surface area (Å²) in [6.45, 7) is 6.06. The number of allylic oxidation sites excluding steroid dienone is 1. The Hall–Kier alpha value is -3.06. The Bertz CT molecular complexity index is 990. The molecule has 0 amide bonds. The number of aromatic nitrogens is 2. The van der Waals surface area contributed by atoms with E-state index in [2.05, 4.69) is 22.1 Å². The molecule has 0 bridgehead atoms. The largest absolute Gasteiger partial charge is 0.496 e. The molecule has 120 valence electrons. The van der Waals surface area contributed by atoms with Gasteiger partial charge < -0.3 is 9.72 Å². The molecular formula is C20H19N3O. The summed E-state index contributed by atoms with van der Waals surface area (Å²) in [6, 6.07) is 12.3. The third kappa shape index (κ3) is 2.89. The first kappa shape index (κ1) is 15.8. The molecule has 1 N–H and O–H groups in total. The molecule has 1 aromatic heterocycles. The van der Waals surface area contributed by atoms with Gasteiger partial charge in [0.2, 0.25) is 0 Å². The lowest BCUT2D eigenvalue weighted by Gasteiger charge is -2.10. The van der Waals surface area contributed by atoms with Gasteiger partial charge in [-0.1, -0.05) is 17.7 Å². The fraction of sp³-hybridized carbons (Fsp3) is 0.200. The predicted molar refractivity (Wildman–Crippen MR) is 96.8 cm³/mol. The first-order valence-electron chi connectivity index (χ1n) is 7.75. The van der Waals surface area contributed by atoms with Crippen molar-refractivity contribution in [3.05, 3.63) is 58.4 Å². The smallest absolute Gasteiger partial charge is 0.149 e. The molecule has 0 aliphatic rings. The molecule has 4 heteroatoms. The van der Waals surface area contributed by atoms with Crippen molar-refractivity contribution in [1.29, 1.82) is 5.26 Å². The highest BCUT2D eigenvalue weighted by Gasteiger charge is 2.11. The Morgan fingerprint density at radius 2 is 1.96 bits per heavy atom. The zero-order valence-corrected chi connectivity index (χ0v) is 14.3. The van der Waals surface area contributed by atoms with Crippen LogP contribution in [0.2, 0.25) is 0 Å². The summed E-state index contributed by atoms with van der Waals surface area (Å²) in [4.78, 5) is 7.77. The van der Waals surface area contributed by atoms with Gasteiger partial charge in [0.1, 0.15) is 17.6 Å². The van der Waals surface area contributed by atoms with Crippen molar-refractivity contribution >= 4 is 22.7 Å². The van der Waals surface area contributed by atoms with E-state index in [9.17, 15) is 5.26 Å². The van der Waals surface area contributed by atoms with Gasteiger partial charge in [0.25, 0.3) is 0 Å². The molecule has 1 heterocycles. The summed E-state index contributed by atoms with van der Waals surface area (Å²) in [7, 11) is 1.64. The number of nitrogens with zero attached hydrogens (tertiary/aromatic N) is 2. The van der Waals surface area contributed by atoms with Crippen LogP contribution in [0.5, 0.6) is 5.75 Å². The highest BCUT2D eigenvalue weighted by molar-refractivity contribution is 5.91. The first-order chi connectivity index (χ1) is 11.5. The van der Waals surface area contributed by atoms with Gasteiger partial charge in [-0.15, -0.1) is 0 Å². The molecule has 0 spiro atoms. The molecule has 24 heavy (non-hydrogen) atoms. The second-order valence-corrected chi connectivity index (χ2v) is 5.98. The van der Waals surface area contributed by atoms with Crippen LogP contribution in [0.25, 0.3) is 22.7 Å². The number of nitriles is 1. The summed E-state index contributed by atoms with van der Waals surface area (Å²) >= 11 is 0. The number of benzene rings is 2. The standard InChI is InChI=1S/C20H19N3O/c1-12-5-6-17-18(9-12)23-20(22-17)16(11-21)10-15-8-13(2)7-14(3)19(15)24-4/h5-10H,1-4H3,(H,22,23)/b16-10-. The lowest BCUT2D eigenvalue weighted by molar-refractivity contribution is 0.410. The van der Waals surface area contributed by atoms with Crippen LogP contribution in [0.4, 0.5) is 0 Å². The van der Waals surface area contributed by atoms with Crippen LogP contribution in [0.1, 0.15) is 28.1 Å². The third-order valence-corrected chi connectivity index (χ3v) is 3.96. The van der Waals surface area contributed by atoms with Crippen LogP contribution < -0.4 is 4.74 Å². The maximum absolute atomic E-state index is 9.60. The SMILES string of the molecule is COc1c(C)cc(C)cc1/C=C(/C#N)c1nc2ccc(C)cc2[nH]1. The number of aryl methyl sites for hydroxylation is 3. The number of fused-ring (bicyclic) bond motifs is 1. The van der Waals surface area contributed by atoms with Gasteiger partial charge in [-0.3, -0.25) is 0 Å². The topological polar surface area (TPSA) is 61.7 Å². The zero-order valence-electron chi connectivity index (χ0n) is 14.3. The van der Waals surface area contributed by atoms with Gasteiger partial charge in [-0.2, -0.15) is 5.26 Å². The maximum Gasteiger partial charge on any atom is 0.149 e. The van der Waals surface area contributed by atoms with E-state index < -0.39 is 0 Å². The molecular weight excluding hydrogens is 298 g/mol. The van der Waals surface area contributed by atoms with Gasteiger partial charge in [-0.05, 0) is 56.2 Å². The van der Waals surface area contributed by atoms with E-state index in [0.717, 1.165) is 39.0 Å². The Balaban J connectivity index is 2.14. The molecule has 0 unspecified atom stereocenters. The molecule has 3 rings (SSSR count). The summed E-state index contributed by atoms with van der Waals surface area (Å²) in [5.74, 6) is 1.35. The van der Waals surface area contributed by atoms with Gasteiger partial charge in [-0.25, -0.2) is 4.98 Å². The van der Waals surface area contributed by atoms with Gasteiger partial charge >= 0.3 is 0 Å². The van der Waals surface area contributed by atoms with Crippen LogP contribution in [0.15, 0.2) is 30.3 Å². The average Bonchev–Trinajstić information content (AvgIpc) is 2.94. The summed E-state index contributed by atoms with van der Waals surface area (Å²) < 4.78 is 5.50. The molecule has 4 nitrogen and oxygen atoms in total. The minimum absolute atomic E-state index is 0.479. The van der Waals surface area contributed by atoms with Crippen molar-refractivity contribution in [3.63, 3.8) is 0 Å². The molecule has 2 aromatic carbocycles. The van der Waals surface area contributed by atoms with E-state index in [1.807, 2.05) is 51.1 Å². The lowest BCUT2D eigenvalue weighted by atomic mass is 10.0. The number of aromatic amines is 1. The number of rotatable bonds is 3. The van der Waals surface area contributed by atoms with E-state index in [4.69, 9.17) is 4.74 Å². The van der Waals surface area contributed by atoms with Crippen molar-refractivity contribution in [1.82, 2.24) is 9.97 Å². The van der Waals surface area contributed by atoms with Crippen LogP contribution in [0, 0.1) is 32.1 Å². The van der Waals surface area contributed by atoms with Crippen LogP contribution in [-0.4, -0.2) is 17.1 Å². The zero-order chi connectivity index (χ0) is 17.3. The number of H-pyrrole nitrogens is 1. The van der Waals surface area contributed by atoms with Crippen molar-refractivity contribution < 1.29 is 4.74 Å². The minimum atomic E-state index is 0.479. The van der Waals surface area contributed by atoms with E-state index in [-0.39, 0.29) is 0 Å². The number of hydrogen-bond acceptors (Lipinski definition) is 3. The van der Waals surface area contributed by atoms with Crippen molar-refractivity contribution in [2.24, 2.45) is 0 Å². The van der Waals surface area contributed by atoms with E-state index in [1.165, 1.54) is 0 Å². The Morgan fingerprint density at radius 3 is 2.67 bits per heavy atom. The molecule has 0 radical (unpaired) electrons. The van der Waals surface area contributed by atoms with Crippen LogP contribution >= 0.6 is 0 Å². The second-order valence-electron chi connectivity index (χ2n) is 5.98. The fourth-order valence-electron chi connectivity index (χ4n) is 2.93. The van der Waals surface area contributed by atoms with Gasteiger partial charge in [0, 0.05) is 5.56 Å². The van der Waals surface area contributed by atoms with Crippen molar-refractivity contribution in [3.8, 4) is 11.8 Å². The first-order valence-corrected chi connectivity index (χ1v) is 7.75. The minimum Gasteiger partial charge on any atom is -0.496 e. The fourth-order valence-corrected chi connectivity index (χ4v) is 2.93. The van der Waals surface area contributed by atoms with E-state index in [1.54, 1.807) is 7.11 Å². The van der Waals surface area contributed by atoms with E-state index in [0.29, 0.717) is 11.4 Å². The maximum atomic E-state index is 9.60. The Labute approximate surface area is 141 Å². The summed E-state index contributed by atoms with van der Waals surface area (Å²) in [6.07, 6.45) is 1.82. The second kappa shape index (κ2) is 6.21. The normalized spacial score (nSPS) is 11.5. The van der Waals surface area contributed by atoms with Crippen molar-refractivity contribution in [2.75, 3.05) is 7.11 Å². The third-order valence-electron chi connectivity index (χ3n) is 3.96. The molecule has 0 atom stereocenters. The molecule has 3 aromatic rings. The molecule has 0 aliphatic carbocycles. The number of nitrogens with one attached hydrogen (secondary N) is 1. The summed E-state index contributed by atoms with van der Waals surface area (Å²) in [5, 5.41) is 9.60. The quantitative estimate of drug-likeness (QED) is 0.720. The molecule has 0 fully saturated rings. The molecule has 0 saturated heterocycles. The monoisotopic (exact) mass is 317 g/mol. The highest BCUT2D eigenvalue weighted by atomic mass is 16.5. The Morgan fingerprint density at radius 1 is 1.17 bits per heavy atom. The predicted octanol–water partition coefficient (Wildman–Crippen LogP) is 4.56. The highest BCUT2D eigenvalue weighted by Crippen LogP contribution is 2.29. The van der Waals surface area contributed by atoms with Crippen molar-refractivity contribution in [2.45, 2.75) is 20.8 Å². The number of imidazole rings is 1. The molecule has 0 aliphatic heterocycles. The van der Waals surface area contributed by atoms with Crippen LogP contribution in [-0.2, 0) is 0 Å². The summed E-state index contributed by atoms with van der Waals surface area (Å²) in [5.41, 5.74) is 6.45. The van der Waals surface area contributed by atoms with Crippen LogP contribution in [0.3, 0.4) is 0 Å². The van der Waals surface area contributed by atoms with E-state index >= 15 is 0 Å². The molecule has 0 saturated carbocycles. The van der Waals surface area contributed by atoms with Gasteiger partial charge in [0.15, 0.2) is 0 Å². The van der Waals surface area contributed by atoms with Gasteiger partial charge in [0.05, 0.1) is 23.7 Å².